The molecule has 1 saturated heterocycles. The fourth-order valence-corrected chi connectivity index (χ4v) is 5.62. The Balaban J connectivity index is 2.01. The predicted molar refractivity (Wildman–Crippen MR) is 118 cm³/mol. The minimum absolute atomic E-state index is 0.0140. The van der Waals surface area contributed by atoms with Gasteiger partial charge in [0.25, 0.3) is 0 Å². The van der Waals surface area contributed by atoms with E-state index in [9.17, 15) is 22.7 Å². The molecule has 0 N–H and O–H groups in total. The largest absolute Gasteiger partial charge is 0.755 e. The van der Waals surface area contributed by atoms with E-state index < -0.39 is 23.1 Å². The van der Waals surface area contributed by atoms with Crippen LogP contribution in [0.15, 0.2) is 34.8 Å². The smallest absolute Gasteiger partial charge is 0.342 e. The third-order valence-corrected chi connectivity index (χ3v) is 7.02. The van der Waals surface area contributed by atoms with Gasteiger partial charge < -0.3 is 18.9 Å². The summed E-state index contributed by atoms with van der Waals surface area (Å²) in [5.41, 5.74) is 1.04. The van der Waals surface area contributed by atoms with Crippen molar-refractivity contribution in [2.24, 2.45) is 0 Å². The molecule has 0 aliphatic carbocycles. The van der Waals surface area contributed by atoms with E-state index in [2.05, 4.69) is 15.9 Å². The second-order valence-corrected chi connectivity index (χ2v) is 9.08. The molecule has 3 unspecified atom stereocenters. The van der Waals surface area contributed by atoms with Gasteiger partial charge in [0.1, 0.15) is 11.4 Å². The summed E-state index contributed by atoms with van der Waals surface area (Å²) in [5, 5.41) is 0. The average molecular weight is 526 g/mol. The summed E-state index contributed by atoms with van der Waals surface area (Å²) in [7, 11) is 1.18. The summed E-state index contributed by atoms with van der Waals surface area (Å²) >= 11 is 0.303. The molecule has 2 heterocycles. The first-order valence-corrected chi connectivity index (χ1v) is 11.6. The number of benzene rings is 2. The maximum atomic E-state index is 13.6. The van der Waals surface area contributed by atoms with Crippen molar-refractivity contribution in [3.63, 3.8) is 0 Å². The van der Waals surface area contributed by atoms with E-state index >= 15 is 0 Å². The number of carbonyl (C=O) groups excluding carboxylic acids is 2. The van der Waals surface area contributed by atoms with Crippen LogP contribution in [-0.2, 0) is 25.5 Å². The quantitative estimate of drug-likeness (QED) is 0.447. The van der Waals surface area contributed by atoms with E-state index in [1.807, 2.05) is 0 Å². The van der Waals surface area contributed by atoms with Gasteiger partial charge in [0.05, 0.1) is 48.1 Å². The van der Waals surface area contributed by atoms with Crippen molar-refractivity contribution in [2.75, 3.05) is 29.5 Å². The summed E-state index contributed by atoms with van der Waals surface area (Å²) in [6.45, 7) is 2.13. The highest BCUT2D eigenvalue weighted by molar-refractivity contribution is 9.10. The Labute approximate surface area is 194 Å². The molecule has 170 valence electrons. The van der Waals surface area contributed by atoms with E-state index in [0.29, 0.717) is 24.3 Å². The van der Waals surface area contributed by atoms with Gasteiger partial charge in [0.2, 0.25) is 5.91 Å². The van der Waals surface area contributed by atoms with Crippen molar-refractivity contribution in [2.45, 2.75) is 25.4 Å². The normalized spacial score (nSPS) is 20.3. The van der Waals surface area contributed by atoms with Crippen molar-refractivity contribution >= 4 is 56.1 Å². The Kier molecular flexibility index (Phi) is 6.35. The molecule has 0 bridgehead atoms. The number of methoxy groups -OCH3 is 1. The average Bonchev–Trinajstić information content (AvgIpc) is 3.22. The highest BCUT2D eigenvalue weighted by Gasteiger charge is 2.42. The zero-order valence-corrected chi connectivity index (χ0v) is 19.6. The van der Waals surface area contributed by atoms with Crippen molar-refractivity contribution in [3.8, 4) is 0 Å². The first-order chi connectivity index (χ1) is 15.2. The van der Waals surface area contributed by atoms with Crippen LogP contribution in [0.2, 0.25) is 0 Å². The minimum atomic E-state index is -2.88. The monoisotopic (exact) mass is 525 g/mol. The number of anilines is 3. The Morgan fingerprint density at radius 3 is 2.66 bits per heavy atom. The zero-order valence-electron chi connectivity index (χ0n) is 17.2. The number of amides is 1. The fraction of sp³-hybridized carbons (Fsp3) is 0.333. The number of hydrogen-bond acceptors (Lipinski definition) is 6. The molecule has 0 radical (unpaired) electrons. The minimum Gasteiger partial charge on any atom is -0.755 e. The van der Waals surface area contributed by atoms with E-state index in [0.717, 1.165) is 16.4 Å². The van der Waals surface area contributed by atoms with Crippen LogP contribution in [-0.4, -0.2) is 47.0 Å². The molecule has 8 nitrogen and oxygen atoms in total. The van der Waals surface area contributed by atoms with Crippen LogP contribution in [0.25, 0.3) is 0 Å². The zero-order chi connectivity index (χ0) is 23.2. The highest BCUT2D eigenvalue weighted by Crippen LogP contribution is 2.48. The Morgan fingerprint density at radius 2 is 2.03 bits per heavy atom. The van der Waals surface area contributed by atoms with Gasteiger partial charge >= 0.3 is 5.97 Å². The number of fused-ring (bicyclic) bond motifs is 3. The third kappa shape index (κ3) is 3.83. The lowest BCUT2D eigenvalue weighted by Crippen LogP contribution is -2.43. The van der Waals surface area contributed by atoms with Crippen LogP contribution in [0.5, 0.6) is 0 Å². The number of hydrogen-bond donors (Lipinski definition) is 0. The van der Waals surface area contributed by atoms with Gasteiger partial charge in [-0.25, -0.2) is 9.18 Å². The van der Waals surface area contributed by atoms with Crippen molar-refractivity contribution in [1.29, 1.82) is 0 Å². The highest BCUT2D eigenvalue weighted by atomic mass is 79.9. The number of ether oxygens (including phenoxy) is 2. The van der Waals surface area contributed by atoms with Gasteiger partial charge in [0, 0.05) is 23.9 Å². The fourth-order valence-electron chi connectivity index (χ4n) is 4.34. The molecule has 2 aliphatic rings. The van der Waals surface area contributed by atoms with E-state index in [-0.39, 0.29) is 45.9 Å². The lowest BCUT2D eigenvalue weighted by Gasteiger charge is -2.38. The summed E-state index contributed by atoms with van der Waals surface area (Å²) in [5.74, 6) is -1.72. The first kappa shape index (κ1) is 22.8. The van der Waals surface area contributed by atoms with Crippen molar-refractivity contribution in [3.05, 3.63) is 51.7 Å². The number of esters is 1. The summed E-state index contributed by atoms with van der Waals surface area (Å²) in [6.07, 6.45) is 0.503. The second kappa shape index (κ2) is 8.89. The van der Waals surface area contributed by atoms with Crippen LogP contribution in [0, 0.1) is 5.82 Å². The molecule has 4 rings (SSSR count). The molecule has 0 aromatic heterocycles. The SMILES string of the molecule is COC(=O)c1c(N(c2ccc(F)cc2Br)S(=O)[O-])ccc2c1N(C(C)=O)CC1OCCC21. The molecule has 2 aromatic carbocycles. The first-order valence-electron chi connectivity index (χ1n) is 9.74. The number of carbonyl (C=O) groups is 2. The molecule has 1 amide bonds. The summed E-state index contributed by atoms with van der Waals surface area (Å²) < 4.78 is 50.1. The van der Waals surface area contributed by atoms with Gasteiger partial charge in [-0.15, -0.1) is 0 Å². The van der Waals surface area contributed by atoms with Gasteiger partial charge in [0.15, 0.2) is 0 Å². The van der Waals surface area contributed by atoms with E-state index in [1.165, 1.54) is 31.1 Å². The second-order valence-electron chi connectivity index (χ2n) is 7.43. The maximum Gasteiger partial charge on any atom is 0.342 e. The van der Waals surface area contributed by atoms with Crippen LogP contribution in [0.1, 0.15) is 35.2 Å². The van der Waals surface area contributed by atoms with Gasteiger partial charge in [-0.05, 0) is 52.2 Å². The summed E-state index contributed by atoms with van der Waals surface area (Å²) in [6, 6.07) is 6.71. The Bertz CT molecular complexity index is 1130. The van der Waals surface area contributed by atoms with Gasteiger partial charge in [-0.1, -0.05) is 6.07 Å². The maximum absolute atomic E-state index is 13.6. The molecular formula is C21H19BrFN2O6S-. The van der Waals surface area contributed by atoms with Crippen LogP contribution in [0.4, 0.5) is 21.5 Å². The number of nitrogens with zero attached hydrogens (tertiary/aromatic N) is 2. The molecule has 11 heteroatoms. The third-order valence-electron chi connectivity index (χ3n) is 5.69. The predicted octanol–water partition coefficient (Wildman–Crippen LogP) is 3.55. The lowest BCUT2D eigenvalue weighted by molar-refractivity contribution is -0.117. The molecule has 32 heavy (non-hydrogen) atoms. The van der Waals surface area contributed by atoms with E-state index in [1.54, 1.807) is 6.07 Å². The van der Waals surface area contributed by atoms with Crippen molar-refractivity contribution < 1.29 is 32.2 Å². The molecule has 0 spiro atoms. The van der Waals surface area contributed by atoms with Gasteiger partial charge in [-0.2, -0.15) is 0 Å². The van der Waals surface area contributed by atoms with Crippen LogP contribution < -0.4 is 9.21 Å². The van der Waals surface area contributed by atoms with Crippen LogP contribution >= 0.6 is 15.9 Å². The number of halogens is 2. The van der Waals surface area contributed by atoms with Crippen LogP contribution in [0.3, 0.4) is 0 Å². The molecular weight excluding hydrogens is 507 g/mol. The van der Waals surface area contributed by atoms with Gasteiger partial charge in [-0.3, -0.25) is 13.3 Å². The Hall–Kier alpha value is -2.34. The summed E-state index contributed by atoms with van der Waals surface area (Å²) in [4.78, 5) is 26.9. The van der Waals surface area contributed by atoms with Crippen molar-refractivity contribution in [1.82, 2.24) is 0 Å². The molecule has 2 aliphatic heterocycles. The topological polar surface area (TPSA) is 99.2 Å². The molecule has 3 atom stereocenters. The number of rotatable bonds is 4. The Morgan fingerprint density at radius 1 is 1.31 bits per heavy atom. The lowest BCUT2D eigenvalue weighted by atomic mass is 9.84. The standard InChI is InChI=1S/C21H20BrFN2O6S/c1-11(26)24-10-18-13(7-8-31-18)14-4-6-17(19(20(14)24)21(27)30-2)25(32(28)29)16-5-3-12(23)9-15(16)22/h3-6,9,13,18H,7-8,10H2,1-2H3,(H,28,29)/p-1. The molecule has 1 fully saturated rings. The van der Waals surface area contributed by atoms with E-state index in [4.69, 9.17) is 9.47 Å². The molecule has 2 aromatic rings. The molecule has 0 saturated carbocycles.